The van der Waals surface area contributed by atoms with Crippen molar-refractivity contribution < 1.29 is 23.9 Å². The summed E-state index contributed by atoms with van der Waals surface area (Å²) in [4.78, 5) is 41.1. The molecule has 170 valence electrons. The number of thioether (sulfide) groups is 1. The summed E-state index contributed by atoms with van der Waals surface area (Å²) in [5, 5.41) is -0.432. The summed E-state index contributed by atoms with van der Waals surface area (Å²) in [6.07, 6.45) is 11.0. The lowest BCUT2D eigenvalue weighted by atomic mass is 10.2. The number of rotatable bonds is 7. The average molecular weight is 568 g/mol. The molecule has 2 aliphatic rings. The van der Waals surface area contributed by atoms with E-state index in [4.69, 9.17) is 15.9 Å². The lowest BCUT2D eigenvalue weighted by Gasteiger charge is -2.22. The first-order valence-electron chi connectivity index (χ1n) is 10.5. The van der Waals surface area contributed by atoms with Gasteiger partial charge in [0.25, 0.3) is 11.1 Å². The first-order valence-corrected chi connectivity index (χ1v) is 12.4. The lowest BCUT2D eigenvalue weighted by Crippen LogP contribution is -2.42. The molecule has 0 aromatic heterocycles. The molecule has 9 heteroatoms. The van der Waals surface area contributed by atoms with Crippen molar-refractivity contribution in [1.82, 2.24) is 9.80 Å². The van der Waals surface area contributed by atoms with Gasteiger partial charge in [-0.2, -0.15) is 0 Å². The first-order chi connectivity index (χ1) is 15.4. The molecule has 0 N–H and O–H groups in total. The van der Waals surface area contributed by atoms with Gasteiger partial charge in [0.2, 0.25) is 5.91 Å². The fourth-order valence-corrected chi connectivity index (χ4v) is 5.15. The minimum atomic E-state index is -0.455. The highest BCUT2D eigenvalue weighted by Gasteiger charge is 2.37. The smallest absolute Gasteiger partial charge is 0.294 e. The Bertz CT molecular complexity index is 964. The molecule has 0 atom stereocenters. The van der Waals surface area contributed by atoms with Gasteiger partial charge >= 0.3 is 0 Å². The highest BCUT2D eigenvalue weighted by Crippen LogP contribution is 2.37. The van der Waals surface area contributed by atoms with Crippen LogP contribution in [0.1, 0.15) is 38.2 Å². The van der Waals surface area contributed by atoms with Crippen LogP contribution in [-0.2, 0) is 9.59 Å². The topological polar surface area (TPSA) is 76.2 Å². The van der Waals surface area contributed by atoms with Crippen molar-refractivity contribution in [2.24, 2.45) is 0 Å². The largest absolute Gasteiger partial charge is 0.490 e. The molecule has 1 aromatic rings. The molecule has 0 unspecified atom stereocenters. The number of imide groups is 1. The van der Waals surface area contributed by atoms with Crippen LogP contribution in [0.4, 0.5) is 4.79 Å². The zero-order valence-corrected chi connectivity index (χ0v) is 20.9. The second kappa shape index (κ2) is 11.6. The second-order valence-electron chi connectivity index (χ2n) is 7.32. The van der Waals surface area contributed by atoms with E-state index in [1.807, 2.05) is 13.0 Å². The Morgan fingerprint density at radius 2 is 1.94 bits per heavy atom. The molecule has 0 radical (unpaired) electrons. The molecule has 0 aliphatic carbocycles. The van der Waals surface area contributed by atoms with Crippen molar-refractivity contribution in [2.75, 3.05) is 32.8 Å². The quantitative estimate of drug-likeness (QED) is 0.280. The van der Waals surface area contributed by atoms with Crippen LogP contribution in [-0.4, -0.2) is 59.7 Å². The van der Waals surface area contributed by atoms with Crippen LogP contribution < -0.4 is 9.47 Å². The van der Waals surface area contributed by atoms with Crippen molar-refractivity contribution in [1.29, 1.82) is 0 Å². The zero-order valence-electron chi connectivity index (χ0n) is 17.9. The maximum absolute atomic E-state index is 12.9. The molecular formula is C23H25IN2O5S. The number of hydrogen-bond acceptors (Lipinski definition) is 6. The lowest BCUT2D eigenvalue weighted by molar-refractivity contribution is -0.135. The van der Waals surface area contributed by atoms with Gasteiger partial charge in [0, 0.05) is 13.1 Å². The highest BCUT2D eigenvalue weighted by atomic mass is 127. The average Bonchev–Trinajstić information content (AvgIpc) is 2.96. The standard InChI is InChI=1S/C23H25IN2O5S/c1-3-11-31-21-17(24)12-16(13-18(21)30-4-2)14-19-22(28)26(23(29)32-19)15-20(27)25-9-7-5-6-8-10-25/h1,12-14H,4-11,15H2,2H3. The normalized spacial score (nSPS) is 18.0. The van der Waals surface area contributed by atoms with E-state index < -0.39 is 11.1 Å². The van der Waals surface area contributed by atoms with Gasteiger partial charge in [-0.05, 0) is 77.9 Å². The van der Waals surface area contributed by atoms with Gasteiger partial charge < -0.3 is 14.4 Å². The summed E-state index contributed by atoms with van der Waals surface area (Å²) in [6.45, 7) is 3.54. The van der Waals surface area contributed by atoms with E-state index in [9.17, 15) is 14.4 Å². The summed E-state index contributed by atoms with van der Waals surface area (Å²) >= 11 is 2.95. The number of benzene rings is 1. The van der Waals surface area contributed by atoms with E-state index in [0.717, 1.165) is 45.9 Å². The van der Waals surface area contributed by atoms with Gasteiger partial charge in [0.1, 0.15) is 13.2 Å². The van der Waals surface area contributed by atoms with E-state index in [1.165, 1.54) is 0 Å². The zero-order chi connectivity index (χ0) is 23.1. The van der Waals surface area contributed by atoms with Crippen molar-refractivity contribution in [3.05, 3.63) is 26.2 Å². The van der Waals surface area contributed by atoms with Crippen LogP contribution in [0.3, 0.4) is 0 Å². The van der Waals surface area contributed by atoms with Gasteiger partial charge in [-0.25, -0.2) is 0 Å². The van der Waals surface area contributed by atoms with Crippen molar-refractivity contribution in [2.45, 2.75) is 32.6 Å². The number of likely N-dealkylation sites (tertiary alicyclic amines) is 1. The van der Waals surface area contributed by atoms with Crippen LogP contribution in [0.25, 0.3) is 6.08 Å². The van der Waals surface area contributed by atoms with E-state index in [0.29, 0.717) is 36.8 Å². The molecule has 0 spiro atoms. The Morgan fingerprint density at radius 1 is 1.22 bits per heavy atom. The van der Waals surface area contributed by atoms with Crippen molar-refractivity contribution in [3.63, 3.8) is 0 Å². The predicted molar refractivity (Wildman–Crippen MR) is 132 cm³/mol. The number of halogens is 1. The summed E-state index contributed by atoms with van der Waals surface area (Å²) in [6, 6.07) is 3.57. The first kappa shape index (κ1) is 24.5. The number of hydrogen-bond donors (Lipinski definition) is 0. The number of nitrogens with zero attached hydrogens (tertiary/aromatic N) is 2. The number of carbonyl (C=O) groups excluding carboxylic acids is 3. The maximum atomic E-state index is 12.9. The fraction of sp³-hybridized carbons (Fsp3) is 0.435. The third-order valence-electron chi connectivity index (χ3n) is 5.06. The van der Waals surface area contributed by atoms with E-state index in [-0.39, 0.29) is 24.0 Å². The van der Waals surface area contributed by atoms with Crippen LogP contribution in [0.5, 0.6) is 11.5 Å². The van der Waals surface area contributed by atoms with Gasteiger partial charge in [-0.3, -0.25) is 19.3 Å². The Balaban J connectivity index is 1.77. The Hall–Kier alpha value is -2.19. The number of terminal acetylenes is 1. The molecule has 3 rings (SSSR count). The van der Waals surface area contributed by atoms with E-state index >= 15 is 0 Å². The summed E-state index contributed by atoms with van der Waals surface area (Å²) in [7, 11) is 0. The summed E-state index contributed by atoms with van der Waals surface area (Å²) < 4.78 is 12.0. The Morgan fingerprint density at radius 3 is 2.59 bits per heavy atom. The molecule has 1 aromatic carbocycles. The van der Waals surface area contributed by atoms with Crippen molar-refractivity contribution in [3.8, 4) is 23.8 Å². The third kappa shape index (κ3) is 5.98. The van der Waals surface area contributed by atoms with E-state index in [1.54, 1.807) is 17.0 Å². The van der Waals surface area contributed by atoms with Crippen LogP contribution in [0.15, 0.2) is 17.0 Å². The van der Waals surface area contributed by atoms with Crippen LogP contribution >= 0.6 is 34.4 Å². The summed E-state index contributed by atoms with van der Waals surface area (Å²) in [5.41, 5.74) is 0.690. The minimum Gasteiger partial charge on any atom is -0.490 e. The Labute approximate surface area is 206 Å². The van der Waals surface area contributed by atoms with E-state index in [2.05, 4.69) is 28.5 Å². The van der Waals surface area contributed by atoms with Gasteiger partial charge in [-0.1, -0.05) is 18.8 Å². The number of amides is 3. The molecule has 2 saturated heterocycles. The monoisotopic (exact) mass is 568 g/mol. The molecule has 7 nitrogen and oxygen atoms in total. The van der Waals surface area contributed by atoms with Gasteiger partial charge in [-0.15, -0.1) is 6.42 Å². The second-order valence-corrected chi connectivity index (χ2v) is 9.47. The molecule has 32 heavy (non-hydrogen) atoms. The fourth-order valence-electron chi connectivity index (χ4n) is 3.53. The number of ether oxygens (including phenoxy) is 2. The van der Waals surface area contributed by atoms with Crippen molar-refractivity contribution >= 4 is 57.5 Å². The SMILES string of the molecule is C#CCOc1c(I)cc(C=C2SC(=O)N(CC(=O)N3CCCCCC3)C2=O)cc1OCC. The molecule has 2 heterocycles. The third-order valence-corrected chi connectivity index (χ3v) is 6.76. The van der Waals surface area contributed by atoms with Gasteiger partial charge in [0.15, 0.2) is 11.5 Å². The van der Waals surface area contributed by atoms with Gasteiger partial charge in [0.05, 0.1) is 15.1 Å². The summed E-state index contributed by atoms with van der Waals surface area (Å²) in [5.74, 6) is 2.84. The molecule has 0 bridgehead atoms. The molecule has 2 fully saturated rings. The maximum Gasteiger partial charge on any atom is 0.294 e. The predicted octanol–water partition coefficient (Wildman–Crippen LogP) is 4.14. The highest BCUT2D eigenvalue weighted by molar-refractivity contribution is 14.1. The van der Waals surface area contributed by atoms with Crippen LogP contribution in [0.2, 0.25) is 0 Å². The Kier molecular flexibility index (Phi) is 8.87. The molecule has 0 saturated carbocycles. The molecule has 3 amide bonds. The van der Waals surface area contributed by atoms with Crippen LogP contribution in [0, 0.1) is 15.9 Å². The molecular weight excluding hydrogens is 543 g/mol. The minimum absolute atomic E-state index is 0.110. The number of carbonyl (C=O) groups is 3. The molecule has 2 aliphatic heterocycles.